The normalized spacial score (nSPS) is 24.8. The van der Waals surface area contributed by atoms with E-state index >= 15 is 0 Å². The van der Waals surface area contributed by atoms with E-state index in [4.69, 9.17) is 10.5 Å². The number of pyridine rings is 1. The van der Waals surface area contributed by atoms with Crippen molar-refractivity contribution in [2.75, 3.05) is 25.0 Å². The van der Waals surface area contributed by atoms with E-state index in [0.717, 1.165) is 44.5 Å². The molecule has 2 fully saturated rings. The second-order valence-corrected chi connectivity index (χ2v) is 7.06. The fourth-order valence-electron chi connectivity index (χ4n) is 3.79. The first-order valence-corrected chi connectivity index (χ1v) is 9.22. The van der Waals surface area contributed by atoms with Gasteiger partial charge in [0.15, 0.2) is 0 Å². The average Bonchev–Trinajstić information content (AvgIpc) is 3.34. The minimum absolute atomic E-state index is 0.0393. The van der Waals surface area contributed by atoms with Gasteiger partial charge in [-0.2, -0.15) is 10.5 Å². The summed E-state index contributed by atoms with van der Waals surface area (Å²) < 4.78 is 0. The van der Waals surface area contributed by atoms with Gasteiger partial charge in [0.05, 0.1) is 18.2 Å². The molecule has 0 bridgehead atoms. The monoisotopic (exact) mass is 352 g/mol. The third-order valence-corrected chi connectivity index (χ3v) is 5.27. The lowest BCUT2D eigenvalue weighted by molar-refractivity contribution is -0.130. The maximum absolute atomic E-state index is 12.3. The van der Waals surface area contributed by atoms with Gasteiger partial charge in [0.2, 0.25) is 5.91 Å². The highest BCUT2D eigenvalue weighted by molar-refractivity contribution is 5.79. The van der Waals surface area contributed by atoms with Gasteiger partial charge in [-0.15, -0.1) is 0 Å². The highest BCUT2D eigenvalue weighted by Crippen LogP contribution is 2.26. The van der Waals surface area contributed by atoms with E-state index < -0.39 is 0 Å². The third kappa shape index (κ3) is 4.50. The Labute approximate surface area is 154 Å². The lowest BCUT2D eigenvalue weighted by Crippen LogP contribution is -2.43. The molecule has 1 aromatic rings. The Bertz CT molecular complexity index is 704. The summed E-state index contributed by atoms with van der Waals surface area (Å²) in [5, 5.41) is 24.6. The number of nitriles is 2. The van der Waals surface area contributed by atoms with Crippen molar-refractivity contribution in [3.63, 3.8) is 0 Å². The van der Waals surface area contributed by atoms with Gasteiger partial charge in [0.1, 0.15) is 17.9 Å². The minimum Gasteiger partial charge on any atom is -0.370 e. The van der Waals surface area contributed by atoms with Crippen LogP contribution in [0.5, 0.6) is 0 Å². The zero-order valence-corrected chi connectivity index (χ0v) is 14.8. The molecule has 7 heteroatoms. The first-order chi connectivity index (χ1) is 12.7. The van der Waals surface area contributed by atoms with E-state index in [-0.39, 0.29) is 11.9 Å². The molecule has 1 saturated carbocycles. The predicted octanol–water partition coefficient (Wildman–Crippen LogP) is 1.64. The topological polar surface area (TPSA) is 105 Å². The molecule has 1 aromatic heterocycles. The summed E-state index contributed by atoms with van der Waals surface area (Å²) in [7, 11) is 0. The van der Waals surface area contributed by atoms with Gasteiger partial charge in [-0.25, -0.2) is 4.98 Å². The molecule has 1 amide bonds. The van der Waals surface area contributed by atoms with Gasteiger partial charge in [-0.05, 0) is 50.2 Å². The molecule has 0 unspecified atom stereocenters. The van der Waals surface area contributed by atoms with Gasteiger partial charge >= 0.3 is 0 Å². The zero-order chi connectivity index (χ0) is 18.4. The van der Waals surface area contributed by atoms with Crippen LogP contribution in [-0.4, -0.2) is 47.5 Å². The Morgan fingerprint density at radius 1 is 1.31 bits per heavy atom. The number of hydrogen-bond acceptors (Lipinski definition) is 6. The van der Waals surface area contributed by atoms with Crippen molar-refractivity contribution >= 4 is 11.7 Å². The predicted molar refractivity (Wildman–Crippen MR) is 96.9 cm³/mol. The van der Waals surface area contributed by atoms with E-state index in [9.17, 15) is 4.79 Å². The number of nitrogens with one attached hydrogen (secondary N) is 2. The van der Waals surface area contributed by atoms with Crippen molar-refractivity contribution in [2.24, 2.45) is 5.92 Å². The summed E-state index contributed by atoms with van der Waals surface area (Å²) in [6.07, 6.45) is 6.48. The molecule has 136 valence electrons. The smallest absolute Gasteiger partial charge is 0.237 e. The zero-order valence-electron chi connectivity index (χ0n) is 14.8. The lowest BCUT2D eigenvalue weighted by Gasteiger charge is -2.21. The molecule has 2 N–H and O–H groups in total. The summed E-state index contributed by atoms with van der Waals surface area (Å²) in [6, 6.07) is 7.96. The fraction of sp³-hybridized carbons (Fsp3) is 0.579. The Balaban J connectivity index is 1.38. The molecule has 0 spiro atoms. The van der Waals surface area contributed by atoms with E-state index in [0.29, 0.717) is 30.6 Å². The number of carbonyl (C=O) groups is 1. The standard InChI is InChI=1S/C19H24N6O/c20-9-15-4-6-18(24-12-15)23-11-14-3-5-16(8-14)22-13-19(26)25-7-1-2-17(25)10-21/h4,6,12,14,16-17,22H,1-3,5,7-8,11,13H2,(H,23,24)/t14-,16+,17-/m0/s1. The molecule has 7 nitrogen and oxygen atoms in total. The van der Waals surface area contributed by atoms with E-state index in [1.165, 1.54) is 0 Å². The lowest BCUT2D eigenvalue weighted by atomic mass is 10.1. The van der Waals surface area contributed by atoms with Crippen LogP contribution < -0.4 is 10.6 Å². The number of likely N-dealkylation sites (tertiary alicyclic amines) is 1. The van der Waals surface area contributed by atoms with Gasteiger partial charge in [0.25, 0.3) is 0 Å². The summed E-state index contributed by atoms with van der Waals surface area (Å²) in [6.45, 7) is 1.86. The highest BCUT2D eigenvalue weighted by Gasteiger charge is 2.30. The molecule has 2 aliphatic rings. The first kappa shape index (κ1) is 18.2. The summed E-state index contributed by atoms with van der Waals surface area (Å²) in [5.74, 6) is 1.36. The summed E-state index contributed by atoms with van der Waals surface area (Å²) >= 11 is 0. The van der Waals surface area contributed by atoms with Crippen LogP contribution in [-0.2, 0) is 4.79 Å². The fourth-order valence-corrected chi connectivity index (χ4v) is 3.79. The van der Waals surface area contributed by atoms with Crippen LogP contribution in [0, 0.1) is 28.6 Å². The van der Waals surface area contributed by atoms with Gasteiger partial charge in [0, 0.05) is 25.3 Å². The SMILES string of the molecule is N#Cc1ccc(NC[C@H]2CC[C@@H](NCC(=O)N3CCC[C@H]3C#N)C2)nc1. The quantitative estimate of drug-likeness (QED) is 0.806. The molecule has 1 saturated heterocycles. The number of amides is 1. The highest BCUT2D eigenvalue weighted by atomic mass is 16.2. The maximum atomic E-state index is 12.3. The van der Waals surface area contributed by atoms with E-state index in [2.05, 4.69) is 27.8 Å². The average molecular weight is 352 g/mol. The van der Waals surface area contributed by atoms with Crippen molar-refractivity contribution in [2.45, 2.75) is 44.2 Å². The molecule has 3 rings (SSSR count). The number of carbonyl (C=O) groups excluding carboxylic acids is 1. The molecule has 26 heavy (non-hydrogen) atoms. The van der Waals surface area contributed by atoms with Crippen molar-refractivity contribution in [3.8, 4) is 12.1 Å². The second kappa shape index (κ2) is 8.64. The molecule has 1 aliphatic heterocycles. The van der Waals surface area contributed by atoms with Crippen LogP contribution in [0.15, 0.2) is 18.3 Å². The Hall–Kier alpha value is -2.64. The molecular weight excluding hydrogens is 328 g/mol. The van der Waals surface area contributed by atoms with Crippen LogP contribution in [0.3, 0.4) is 0 Å². The van der Waals surface area contributed by atoms with E-state index in [1.54, 1.807) is 17.2 Å². The number of hydrogen-bond donors (Lipinski definition) is 2. The van der Waals surface area contributed by atoms with Crippen molar-refractivity contribution in [1.82, 2.24) is 15.2 Å². The van der Waals surface area contributed by atoms with Crippen molar-refractivity contribution in [3.05, 3.63) is 23.9 Å². The number of anilines is 1. The van der Waals surface area contributed by atoms with Gasteiger partial charge in [-0.3, -0.25) is 4.79 Å². The maximum Gasteiger partial charge on any atom is 0.237 e. The van der Waals surface area contributed by atoms with Crippen LogP contribution in [0.1, 0.15) is 37.7 Å². The van der Waals surface area contributed by atoms with Crippen molar-refractivity contribution in [1.29, 1.82) is 10.5 Å². The molecule has 1 aliphatic carbocycles. The van der Waals surface area contributed by atoms with Crippen LogP contribution >= 0.6 is 0 Å². The first-order valence-electron chi connectivity index (χ1n) is 9.22. The van der Waals surface area contributed by atoms with Gasteiger partial charge < -0.3 is 15.5 Å². The molecule has 0 aromatic carbocycles. The Morgan fingerprint density at radius 2 is 2.19 bits per heavy atom. The second-order valence-electron chi connectivity index (χ2n) is 7.06. The van der Waals surface area contributed by atoms with Crippen LogP contribution in [0.4, 0.5) is 5.82 Å². The molecule has 2 heterocycles. The minimum atomic E-state index is -0.246. The largest absolute Gasteiger partial charge is 0.370 e. The number of rotatable bonds is 6. The Kier molecular flexibility index (Phi) is 6.04. The van der Waals surface area contributed by atoms with Gasteiger partial charge in [-0.1, -0.05) is 0 Å². The number of aromatic nitrogens is 1. The number of nitrogens with zero attached hydrogens (tertiary/aromatic N) is 4. The van der Waals surface area contributed by atoms with Crippen molar-refractivity contribution < 1.29 is 4.79 Å². The third-order valence-electron chi connectivity index (χ3n) is 5.27. The molecule has 3 atom stereocenters. The van der Waals surface area contributed by atoms with Crippen LogP contribution in [0.2, 0.25) is 0 Å². The molecular formula is C19H24N6O. The summed E-state index contributed by atoms with van der Waals surface area (Å²) in [4.78, 5) is 18.2. The van der Waals surface area contributed by atoms with Crippen LogP contribution in [0.25, 0.3) is 0 Å². The van der Waals surface area contributed by atoms with E-state index in [1.807, 2.05) is 6.07 Å². The summed E-state index contributed by atoms with van der Waals surface area (Å²) in [5.41, 5.74) is 0.557. The molecule has 0 radical (unpaired) electrons. The Morgan fingerprint density at radius 3 is 2.92 bits per heavy atom.